The first kappa shape index (κ1) is 14.9. The molecule has 0 aliphatic carbocycles. The molecule has 0 fully saturated rings. The molecule has 0 spiro atoms. The van der Waals surface area contributed by atoms with Gasteiger partial charge in [0, 0.05) is 12.1 Å². The summed E-state index contributed by atoms with van der Waals surface area (Å²) in [4.78, 5) is 0. The van der Waals surface area contributed by atoms with Crippen LogP contribution in [0.15, 0.2) is 24.3 Å². The number of benzene rings is 1. The third-order valence-corrected chi connectivity index (χ3v) is 4.29. The van der Waals surface area contributed by atoms with E-state index in [9.17, 15) is 0 Å². The third kappa shape index (κ3) is 2.82. The van der Waals surface area contributed by atoms with Crippen LogP contribution in [-0.4, -0.2) is 23.4 Å². The van der Waals surface area contributed by atoms with E-state index < -0.39 is 0 Å². The Morgan fingerprint density at radius 3 is 2.95 bits per heavy atom. The molecular formula is C18H25N3O. The van der Waals surface area contributed by atoms with Crippen molar-refractivity contribution in [2.24, 2.45) is 0 Å². The summed E-state index contributed by atoms with van der Waals surface area (Å²) in [5.41, 5.74) is 3.66. The number of fused-ring (bicyclic) bond motifs is 1. The van der Waals surface area contributed by atoms with Crippen molar-refractivity contribution in [2.75, 3.05) is 19.0 Å². The van der Waals surface area contributed by atoms with Gasteiger partial charge in [-0.2, -0.15) is 5.10 Å². The molecule has 0 radical (unpaired) electrons. The number of nitrogens with one attached hydrogen (secondary N) is 1. The molecule has 118 valence electrons. The molecule has 1 N–H and O–H groups in total. The van der Waals surface area contributed by atoms with E-state index in [0.717, 1.165) is 36.6 Å². The fraction of sp³-hybridized carbons (Fsp3) is 0.500. The van der Waals surface area contributed by atoms with E-state index in [1.807, 2.05) is 22.9 Å². The third-order valence-electron chi connectivity index (χ3n) is 4.29. The molecule has 1 aliphatic heterocycles. The Bertz CT molecular complexity index is 633. The molecule has 3 rings (SSSR count). The fourth-order valence-electron chi connectivity index (χ4n) is 3.10. The number of methoxy groups -OCH3 is 1. The highest BCUT2D eigenvalue weighted by Crippen LogP contribution is 2.32. The van der Waals surface area contributed by atoms with Gasteiger partial charge in [0.1, 0.15) is 17.3 Å². The zero-order valence-corrected chi connectivity index (χ0v) is 13.6. The van der Waals surface area contributed by atoms with Crippen molar-refractivity contribution in [2.45, 2.75) is 45.4 Å². The second kappa shape index (κ2) is 6.86. The van der Waals surface area contributed by atoms with Crippen molar-refractivity contribution in [3.63, 3.8) is 0 Å². The van der Waals surface area contributed by atoms with Gasteiger partial charge in [0.15, 0.2) is 0 Å². The van der Waals surface area contributed by atoms with Crippen molar-refractivity contribution in [1.82, 2.24) is 9.78 Å². The zero-order chi connectivity index (χ0) is 15.4. The smallest absolute Gasteiger partial charge is 0.144 e. The summed E-state index contributed by atoms with van der Waals surface area (Å²) in [6.45, 7) is 3.25. The highest BCUT2D eigenvalue weighted by molar-refractivity contribution is 5.58. The minimum Gasteiger partial charge on any atom is -0.494 e. The van der Waals surface area contributed by atoms with Crippen LogP contribution >= 0.6 is 0 Å². The van der Waals surface area contributed by atoms with Crippen LogP contribution in [0.2, 0.25) is 0 Å². The molecule has 0 saturated carbocycles. The van der Waals surface area contributed by atoms with Crippen LogP contribution in [0.5, 0.6) is 5.75 Å². The van der Waals surface area contributed by atoms with Crippen molar-refractivity contribution >= 4 is 5.82 Å². The Hall–Kier alpha value is -1.97. The van der Waals surface area contributed by atoms with E-state index in [-0.39, 0.29) is 0 Å². The predicted molar refractivity (Wildman–Crippen MR) is 90.2 cm³/mol. The summed E-state index contributed by atoms with van der Waals surface area (Å²) >= 11 is 0. The first-order chi connectivity index (χ1) is 10.8. The van der Waals surface area contributed by atoms with Gasteiger partial charge in [0.25, 0.3) is 0 Å². The first-order valence-corrected chi connectivity index (χ1v) is 8.33. The molecule has 1 aliphatic rings. The molecule has 0 amide bonds. The summed E-state index contributed by atoms with van der Waals surface area (Å²) in [6, 6.07) is 8.10. The molecule has 4 heteroatoms. The first-order valence-electron chi connectivity index (χ1n) is 8.33. The lowest BCUT2D eigenvalue weighted by molar-refractivity contribution is 0.412. The Kier molecular flexibility index (Phi) is 4.66. The van der Waals surface area contributed by atoms with Crippen LogP contribution in [0.3, 0.4) is 0 Å². The van der Waals surface area contributed by atoms with Crippen LogP contribution in [0.1, 0.15) is 43.9 Å². The number of rotatable bonds is 5. The van der Waals surface area contributed by atoms with Gasteiger partial charge in [0.05, 0.1) is 12.8 Å². The Morgan fingerprint density at radius 1 is 1.27 bits per heavy atom. The highest BCUT2D eigenvalue weighted by Gasteiger charge is 2.21. The lowest BCUT2D eigenvalue weighted by Crippen LogP contribution is -2.08. The van der Waals surface area contributed by atoms with Crippen molar-refractivity contribution in [3.8, 4) is 11.4 Å². The SMILES string of the molecule is CCCCc1nn(-c2ccccc2OC)c2c1CCCCN2. The topological polar surface area (TPSA) is 39.1 Å². The number of unbranched alkanes of at least 4 members (excludes halogenated alkanes) is 1. The molecule has 1 aromatic carbocycles. The van der Waals surface area contributed by atoms with Crippen LogP contribution in [-0.2, 0) is 12.8 Å². The van der Waals surface area contributed by atoms with E-state index >= 15 is 0 Å². The van der Waals surface area contributed by atoms with Gasteiger partial charge < -0.3 is 10.1 Å². The van der Waals surface area contributed by atoms with Gasteiger partial charge in [0.2, 0.25) is 0 Å². The van der Waals surface area contributed by atoms with Gasteiger partial charge in [-0.3, -0.25) is 0 Å². The van der Waals surface area contributed by atoms with Gasteiger partial charge in [-0.1, -0.05) is 25.5 Å². The van der Waals surface area contributed by atoms with E-state index in [4.69, 9.17) is 9.84 Å². The summed E-state index contributed by atoms with van der Waals surface area (Å²) in [6.07, 6.45) is 7.02. The van der Waals surface area contributed by atoms with Gasteiger partial charge in [-0.15, -0.1) is 0 Å². The lowest BCUT2D eigenvalue weighted by atomic mass is 10.1. The number of para-hydroxylation sites is 2. The molecule has 0 atom stereocenters. The number of hydrogen-bond donors (Lipinski definition) is 1. The van der Waals surface area contributed by atoms with E-state index in [0.29, 0.717) is 0 Å². The normalized spacial score (nSPS) is 14.1. The largest absolute Gasteiger partial charge is 0.494 e. The minimum absolute atomic E-state index is 0.862. The number of ether oxygens (including phenoxy) is 1. The maximum Gasteiger partial charge on any atom is 0.144 e. The molecule has 0 unspecified atom stereocenters. The number of anilines is 1. The van der Waals surface area contributed by atoms with Crippen LogP contribution in [0.4, 0.5) is 5.82 Å². The van der Waals surface area contributed by atoms with Crippen molar-refractivity contribution in [1.29, 1.82) is 0 Å². The molecule has 2 aromatic rings. The molecule has 4 nitrogen and oxygen atoms in total. The molecular weight excluding hydrogens is 274 g/mol. The number of aryl methyl sites for hydroxylation is 1. The zero-order valence-electron chi connectivity index (χ0n) is 13.6. The molecule has 1 aromatic heterocycles. The average molecular weight is 299 g/mol. The van der Waals surface area contributed by atoms with Gasteiger partial charge in [-0.25, -0.2) is 4.68 Å². The number of nitrogens with zero attached hydrogens (tertiary/aromatic N) is 2. The second-order valence-corrected chi connectivity index (χ2v) is 5.84. The summed E-state index contributed by atoms with van der Waals surface area (Å²) in [5.74, 6) is 2.02. The second-order valence-electron chi connectivity index (χ2n) is 5.84. The Labute approximate surface area is 132 Å². The minimum atomic E-state index is 0.862. The Balaban J connectivity index is 2.08. The van der Waals surface area contributed by atoms with Crippen molar-refractivity contribution < 1.29 is 4.74 Å². The average Bonchev–Trinajstić information content (AvgIpc) is 2.73. The summed E-state index contributed by atoms with van der Waals surface area (Å²) in [7, 11) is 1.71. The van der Waals surface area contributed by atoms with Gasteiger partial charge in [-0.05, 0) is 44.2 Å². The maximum absolute atomic E-state index is 5.52. The fourth-order valence-corrected chi connectivity index (χ4v) is 3.10. The van der Waals surface area contributed by atoms with Gasteiger partial charge >= 0.3 is 0 Å². The van der Waals surface area contributed by atoms with Crippen LogP contribution in [0, 0.1) is 0 Å². The van der Waals surface area contributed by atoms with E-state index in [2.05, 4.69) is 18.3 Å². The number of hydrogen-bond acceptors (Lipinski definition) is 3. The van der Waals surface area contributed by atoms with Crippen molar-refractivity contribution in [3.05, 3.63) is 35.5 Å². The summed E-state index contributed by atoms with van der Waals surface area (Å²) < 4.78 is 7.57. The molecule has 22 heavy (non-hydrogen) atoms. The predicted octanol–water partition coefficient (Wildman–Crippen LogP) is 3.97. The quantitative estimate of drug-likeness (QED) is 0.908. The standard InChI is InChI=1S/C18H25N3O/c1-3-4-10-15-14-9-7-8-13-19-18(14)21(20-15)16-11-5-6-12-17(16)22-2/h5-6,11-12,19H,3-4,7-10,13H2,1-2H3. The van der Waals surface area contributed by atoms with Crippen LogP contribution in [0.25, 0.3) is 5.69 Å². The molecule has 0 saturated heterocycles. The summed E-state index contributed by atoms with van der Waals surface area (Å²) in [5, 5.41) is 8.51. The van der Waals surface area contributed by atoms with Crippen LogP contribution < -0.4 is 10.1 Å². The molecule has 2 heterocycles. The molecule has 0 bridgehead atoms. The number of aromatic nitrogens is 2. The lowest BCUT2D eigenvalue weighted by Gasteiger charge is -2.12. The monoisotopic (exact) mass is 299 g/mol. The Morgan fingerprint density at radius 2 is 2.14 bits per heavy atom. The van der Waals surface area contributed by atoms with E-state index in [1.54, 1.807) is 7.11 Å². The highest BCUT2D eigenvalue weighted by atomic mass is 16.5. The maximum atomic E-state index is 5.52. The van der Waals surface area contributed by atoms with E-state index in [1.165, 1.54) is 36.9 Å².